The van der Waals surface area contributed by atoms with E-state index in [1.807, 2.05) is 13.8 Å². The number of primary amides is 1. The van der Waals surface area contributed by atoms with E-state index in [1.54, 1.807) is 23.6 Å². The van der Waals surface area contributed by atoms with E-state index in [-0.39, 0.29) is 11.4 Å². The van der Waals surface area contributed by atoms with E-state index < -0.39 is 23.1 Å². The average molecular weight is 298 g/mol. The molecular formula is C14H17ClFN3O. The van der Waals surface area contributed by atoms with Gasteiger partial charge in [0.2, 0.25) is 5.91 Å². The Bertz CT molecular complexity index is 651. The Balaban J connectivity index is 2.81. The van der Waals surface area contributed by atoms with Crippen LogP contribution in [0, 0.1) is 11.7 Å². The molecule has 0 aliphatic heterocycles. The van der Waals surface area contributed by atoms with Crippen LogP contribution in [0.25, 0.3) is 11.0 Å². The average Bonchev–Trinajstić information content (AvgIpc) is 2.70. The number of benzene rings is 1. The third kappa shape index (κ3) is 2.38. The first-order chi connectivity index (χ1) is 9.34. The van der Waals surface area contributed by atoms with Crippen molar-refractivity contribution in [1.29, 1.82) is 0 Å². The predicted octanol–water partition coefficient (Wildman–Crippen LogP) is 3.16. The van der Waals surface area contributed by atoms with Gasteiger partial charge in [0.05, 0.1) is 10.9 Å². The van der Waals surface area contributed by atoms with Crippen LogP contribution < -0.4 is 5.73 Å². The summed E-state index contributed by atoms with van der Waals surface area (Å²) in [6.07, 6.45) is 0. The lowest BCUT2D eigenvalue weighted by molar-refractivity contribution is -0.122. The topological polar surface area (TPSA) is 60.9 Å². The fraction of sp³-hybridized carbons (Fsp3) is 0.429. The zero-order valence-electron chi connectivity index (χ0n) is 11.6. The van der Waals surface area contributed by atoms with Crippen molar-refractivity contribution in [2.75, 3.05) is 0 Å². The number of fused-ring (bicyclic) bond motifs is 1. The third-order valence-electron chi connectivity index (χ3n) is 3.26. The number of carbonyl (C=O) groups excluding carboxylic acids is 1. The number of hydrogen-bond donors (Lipinski definition) is 1. The summed E-state index contributed by atoms with van der Waals surface area (Å²) in [4.78, 5) is 16.0. The summed E-state index contributed by atoms with van der Waals surface area (Å²) in [5.41, 5.74) is 6.25. The lowest BCUT2D eigenvalue weighted by atomic mass is 10.0. The minimum absolute atomic E-state index is 0.0534. The molecule has 1 aromatic carbocycles. The van der Waals surface area contributed by atoms with Gasteiger partial charge in [0.15, 0.2) is 5.82 Å². The van der Waals surface area contributed by atoms with Gasteiger partial charge < -0.3 is 10.3 Å². The Hall–Kier alpha value is -1.62. The number of amides is 1. The molecule has 0 saturated carbocycles. The molecule has 2 rings (SSSR count). The predicted molar refractivity (Wildman–Crippen MR) is 77.0 cm³/mol. The minimum Gasteiger partial charge on any atom is -0.368 e. The van der Waals surface area contributed by atoms with E-state index in [1.165, 1.54) is 6.07 Å². The molecule has 20 heavy (non-hydrogen) atoms. The summed E-state index contributed by atoms with van der Waals surface area (Å²) in [7, 11) is 0. The number of para-hydroxylation sites is 1. The molecule has 2 aromatic rings. The van der Waals surface area contributed by atoms with Gasteiger partial charge in [-0.25, -0.2) is 9.37 Å². The van der Waals surface area contributed by atoms with Gasteiger partial charge in [-0.3, -0.25) is 4.79 Å². The van der Waals surface area contributed by atoms with Gasteiger partial charge in [-0.2, -0.15) is 0 Å². The van der Waals surface area contributed by atoms with Crippen LogP contribution >= 0.6 is 11.6 Å². The summed E-state index contributed by atoms with van der Waals surface area (Å²) >= 11 is 6.13. The van der Waals surface area contributed by atoms with Crippen molar-refractivity contribution < 1.29 is 9.18 Å². The fourth-order valence-electron chi connectivity index (χ4n) is 2.43. The molecule has 2 N–H and O–H groups in total. The maximum atomic E-state index is 13.9. The minimum atomic E-state index is -0.613. The van der Waals surface area contributed by atoms with Gasteiger partial charge in [0.25, 0.3) is 0 Å². The molecule has 2 unspecified atom stereocenters. The number of hydrogen-bond acceptors (Lipinski definition) is 2. The van der Waals surface area contributed by atoms with Crippen LogP contribution in [0.5, 0.6) is 0 Å². The van der Waals surface area contributed by atoms with E-state index in [4.69, 9.17) is 17.3 Å². The van der Waals surface area contributed by atoms with Crippen molar-refractivity contribution in [3.05, 3.63) is 29.8 Å². The van der Waals surface area contributed by atoms with Crippen LogP contribution in [0.2, 0.25) is 0 Å². The molecule has 0 radical (unpaired) electrons. The molecular weight excluding hydrogens is 281 g/mol. The van der Waals surface area contributed by atoms with Crippen LogP contribution in [-0.4, -0.2) is 15.5 Å². The van der Waals surface area contributed by atoms with Gasteiger partial charge >= 0.3 is 0 Å². The van der Waals surface area contributed by atoms with Crippen molar-refractivity contribution in [3.8, 4) is 0 Å². The van der Waals surface area contributed by atoms with Crippen molar-refractivity contribution in [2.24, 2.45) is 11.7 Å². The van der Waals surface area contributed by atoms with E-state index in [0.717, 1.165) is 0 Å². The second kappa shape index (κ2) is 5.40. The molecule has 6 heteroatoms. The lowest BCUT2D eigenvalue weighted by Gasteiger charge is -2.22. The molecule has 4 nitrogen and oxygen atoms in total. The molecule has 1 heterocycles. The van der Waals surface area contributed by atoms with Gasteiger partial charge in [0.1, 0.15) is 17.4 Å². The number of alkyl halides is 1. The summed E-state index contributed by atoms with van der Waals surface area (Å²) in [6.45, 7) is 5.49. The smallest absolute Gasteiger partial charge is 0.240 e. The largest absolute Gasteiger partial charge is 0.368 e. The molecule has 0 saturated heterocycles. The van der Waals surface area contributed by atoms with E-state index in [0.29, 0.717) is 11.3 Å². The Morgan fingerprint density at radius 2 is 2.05 bits per heavy atom. The van der Waals surface area contributed by atoms with Crippen LogP contribution in [-0.2, 0) is 4.79 Å². The Morgan fingerprint density at radius 3 is 2.55 bits per heavy atom. The van der Waals surface area contributed by atoms with Gasteiger partial charge in [-0.05, 0) is 25.0 Å². The summed E-state index contributed by atoms with van der Waals surface area (Å²) < 4.78 is 15.5. The first-order valence-electron chi connectivity index (χ1n) is 6.44. The van der Waals surface area contributed by atoms with E-state index >= 15 is 0 Å². The van der Waals surface area contributed by atoms with Gasteiger partial charge in [0, 0.05) is 0 Å². The molecule has 2 atom stereocenters. The maximum absolute atomic E-state index is 13.9. The number of aromatic nitrogens is 2. The van der Waals surface area contributed by atoms with Crippen LogP contribution in [0.15, 0.2) is 18.2 Å². The van der Waals surface area contributed by atoms with Crippen LogP contribution in [0.1, 0.15) is 38.0 Å². The molecule has 1 amide bonds. The standard InChI is InChI=1S/C14H17ClFN3O/c1-7(2)12(13(17)20)19-10-6-4-5-9(16)11(10)18-14(19)8(3)15/h4-8,12H,1-3H3,(H2,17,20). The third-order valence-corrected chi connectivity index (χ3v) is 3.45. The number of nitrogens with zero attached hydrogens (tertiary/aromatic N) is 2. The number of rotatable bonds is 4. The Labute approximate surface area is 121 Å². The number of carbonyl (C=O) groups is 1. The zero-order valence-corrected chi connectivity index (χ0v) is 12.4. The molecule has 0 aliphatic carbocycles. The normalized spacial score (nSPS) is 14.7. The second-order valence-corrected chi connectivity index (χ2v) is 5.81. The summed E-state index contributed by atoms with van der Waals surface area (Å²) in [6, 6.07) is 4.01. The highest BCUT2D eigenvalue weighted by Crippen LogP contribution is 2.31. The zero-order chi connectivity index (χ0) is 15.0. The van der Waals surface area contributed by atoms with Gasteiger partial charge in [-0.15, -0.1) is 11.6 Å². The van der Waals surface area contributed by atoms with Crippen molar-refractivity contribution in [2.45, 2.75) is 32.2 Å². The molecule has 0 spiro atoms. The van der Waals surface area contributed by atoms with Crippen LogP contribution in [0.3, 0.4) is 0 Å². The highest BCUT2D eigenvalue weighted by molar-refractivity contribution is 6.20. The summed E-state index contributed by atoms with van der Waals surface area (Å²) in [5.74, 6) is -0.527. The molecule has 1 aromatic heterocycles. The first-order valence-corrected chi connectivity index (χ1v) is 6.88. The van der Waals surface area contributed by atoms with Crippen molar-refractivity contribution >= 4 is 28.5 Å². The van der Waals surface area contributed by atoms with Crippen LogP contribution in [0.4, 0.5) is 4.39 Å². The lowest BCUT2D eigenvalue weighted by Crippen LogP contribution is -2.31. The highest BCUT2D eigenvalue weighted by Gasteiger charge is 2.28. The van der Waals surface area contributed by atoms with Gasteiger partial charge in [-0.1, -0.05) is 19.9 Å². The molecule has 0 fully saturated rings. The fourth-order valence-corrected chi connectivity index (χ4v) is 2.58. The molecule has 108 valence electrons. The van der Waals surface area contributed by atoms with Crippen molar-refractivity contribution in [1.82, 2.24) is 9.55 Å². The van der Waals surface area contributed by atoms with Crippen molar-refractivity contribution in [3.63, 3.8) is 0 Å². The first kappa shape index (κ1) is 14.8. The van der Waals surface area contributed by atoms with E-state index in [2.05, 4.69) is 4.98 Å². The quantitative estimate of drug-likeness (QED) is 0.881. The SMILES string of the molecule is CC(Cl)c1nc2c(F)cccc2n1C(C(N)=O)C(C)C. The second-order valence-electron chi connectivity index (χ2n) is 5.15. The molecule has 0 aliphatic rings. The monoisotopic (exact) mass is 297 g/mol. The number of nitrogens with two attached hydrogens (primary N) is 1. The maximum Gasteiger partial charge on any atom is 0.240 e. The number of imidazole rings is 1. The highest BCUT2D eigenvalue weighted by atomic mass is 35.5. The molecule has 0 bridgehead atoms. The Kier molecular flexibility index (Phi) is 3.99. The Morgan fingerprint density at radius 1 is 1.40 bits per heavy atom. The summed E-state index contributed by atoms with van der Waals surface area (Å²) in [5, 5.41) is -0.456. The number of halogens is 2. The van der Waals surface area contributed by atoms with E-state index in [9.17, 15) is 9.18 Å².